The topological polar surface area (TPSA) is 29.3 Å². The molecule has 1 aromatic carbocycles. The van der Waals surface area contributed by atoms with E-state index in [1.165, 1.54) is 6.07 Å². The average molecular weight is 296 g/mol. The summed E-state index contributed by atoms with van der Waals surface area (Å²) < 4.78 is 14.1. The highest BCUT2D eigenvalue weighted by molar-refractivity contribution is 7.80. The fourth-order valence-corrected chi connectivity index (χ4v) is 2.43. The molecule has 0 radical (unpaired) electrons. The molecule has 1 aromatic rings. The molecule has 2 N–H and O–H groups in total. The SMILES string of the molecule is CC(C)CN(Cc1ccc(C(N)=S)cc1F)CC(C)C. The van der Waals surface area contributed by atoms with Crippen LogP contribution >= 0.6 is 12.2 Å². The summed E-state index contributed by atoms with van der Waals surface area (Å²) in [6, 6.07) is 5.02. The third-order valence-electron chi connectivity index (χ3n) is 2.98. The monoisotopic (exact) mass is 296 g/mol. The first kappa shape index (κ1) is 17.1. The maximum atomic E-state index is 14.1. The largest absolute Gasteiger partial charge is 0.389 e. The van der Waals surface area contributed by atoms with Crippen molar-refractivity contribution in [1.82, 2.24) is 4.90 Å². The summed E-state index contributed by atoms with van der Waals surface area (Å²) in [5.41, 5.74) is 6.80. The Balaban J connectivity index is 2.84. The minimum atomic E-state index is -0.229. The molecule has 4 heteroatoms. The molecule has 0 aliphatic rings. The molecule has 0 aliphatic heterocycles. The first-order valence-electron chi connectivity index (χ1n) is 7.10. The molecule has 2 nitrogen and oxygen atoms in total. The number of nitrogens with zero attached hydrogens (tertiary/aromatic N) is 1. The van der Waals surface area contributed by atoms with Crippen LogP contribution in [0.3, 0.4) is 0 Å². The molecular weight excluding hydrogens is 271 g/mol. The van der Waals surface area contributed by atoms with Crippen molar-refractivity contribution in [1.29, 1.82) is 0 Å². The van der Waals surface area contributed by atoms with Crippen LogP contribution in [0.5, 0.6) is 0 Å². The number of rotatable bonds is 7. The molecule has 0 spiro atoms. The molecule has 112 valence electrons. The van der Waals surface area contributed by atoms with E-state index in [0.29, 0.717) is 29.5 Å². The maximum absolute atomic E-state index is 14.1. The van der Waals surface area contributed by atoms with Crippen LogP contribution in [0.4, 0.5) is 4.39 Å². The summed E-state index contributed by atoms with van der Waals surface area (Å²) >= 11 is 4.87. The van der Waals surface area contributed by atoms with Gasteiger partial charge in [0.1, 0.15) is 10.8 Å². The predicted octanol–water partition coefficient (Wildman–Crippen LogP) is 3.57. The first-order chi connectivity index (χ1) is 9.29. The minimum absolute atomic E-state index is 0.229. The quantitative estimate of drug-likeness (QED) is 0.780. The molecular formula is C16H25FN2S. The summed E-state index contributed by atoms with van der Waals surface area (Å²) in [5, 5.41) is 0. The summed E-state index contributed by atoms with van der Waals surface area (Å²) in [5.74, 6) is 0.897. The van der Waals surface area contributed by atoms with Crippen molar-refractivity contribution in [2.24, 2.45) is 17.6 Å². The van der Waals surface area contributed by atoms with E-state index in [4.69, 9.17) is 18.0 Å². The molecule has 0 aliphatic carbocycles. The van der Waals surface area contributed by atoms with E-state index in [2.05, 4.69) is 32.6 Å². The molecule has 0 atom stereocenters. The lowest BCUT2D eigenvalue weighted by Gasteiger charge is -2.26. The second kappa shape index (κ2) is 7.70. The van der Waals surface area contributed by atoms with Crippen LogP contribution in [-0.4, -0.2) is 23.0 Å². The zero-order valence-corrected chi connectivity index (χ0v) is 13.6. The number of hydrogen-bond donors (Lipinski definition) is 1. The molecule has 0 saturated heterocycles. The normalized spacial score (nSPS) is 11.6. The van der Waals surface area contributed by atoms with Gasteiger partial charge in [-0.1, -0.05) is 52.0 Å². The zero-order valence-electron chi connectivity index (χ0n) is 12.8. The number of halogens is 1. The predicted molar refractivity (Wildman–Crippen MR) is 87.2 cm³/mol. The molecule has 0 unspecified atom stereocenters. The molecule has 0 fully saturated rings. The van der Waals surface area contributed by atoms with Gasteiger partial charge in [0.05, 0.1) is 0 Å². The van der Waals surface area contributed by atoms with Gasteiger partial charge >= 0.3 is 0 Å². The Morgan fingerprint density at radius 1 is 1.20 bits per heavy atom. The van der Waals surface area contributed by atoms with Crippen molar-refractivity contribution in [3.63, 3.8) is 0 Å². The first-order valence-corrected chi connectivity index (χ1v) is 7.51. The molecule has 20 heavy (non-hydrogen) atoms. The standard InChI is InChI=1S/C16H25FN2S/c1-11(2)8-19(9-12(3)4)10-14-6-5-13(16(18)20)7-15(14)17/h5-7,11-12H,8-10H2,1-4H3,(H2,18,20). The van der Waals surface area contributed by atoms with Crippen LogP contribution in [0.25, 0.3) is 0 Å². The van der Waals surface area contributed by atoms with Gasteiger partial charge in [-0.25, -0.2) is 4.39 Å². The Hall–Kier alpha value is -1.00. The van der Waals surface area contributed by atoms with Crippen molar-refractivity contribution >= 4 is 17.2 Å². The van der Waals surface area contributed by atoms with E-state index < -0.39 is 0 Å². The lowest BCUT2D eigenvalue weighted by molar-refractivity contribution is 0.209. The summed E-state index contributed by atoms with van der Waals surface area (Å²) in [7, 11) is 0. The fraction of sp³-hybridized carbons (Fsp3) is 0.562. The third-order valence-corrected chi connectivity index (χ3v) is 3.21. The second-order valence-electron chi connectivity index (χ2n) is 6.15. The number of benzene rings is 1. The molecule has 1 rings (SSSR count). The van der Waals surface area contributed by atoms with Gasteiger partial charge < -0.3 is 5.73 Å². The molecule has 0 saturated carbocycles. The van der Waals surface area contributed by atoms with Gasteiger partial charge in [-0.3, -0.25) is 4.90 Å². The number of nitrogens with two attached hydrogens (primary N) is 1. The smallest absolute Gasteiger partial charge is 0.128 e. The lowest BCUT2D eigenvalue weighted by Crippen LogP contribution is -2.31. The van der Waals surface area contributed by atoms with Gasteiger partial charge in [0.25, 0.3) is 0 Å². The third kappa shape index (κ3) is 5.55. The van der Waals surface area contributed by atoms with Gasteiger partial charge in [-0.15, -0.1) is 0 Å². The van der Waals surface area contributed by atoms with Crippen molar-refractivity contribution in [2.45, 2.75) is 34.2 Å². The van der Waals surface area contributed by atoms with Crippen LogP contribution in [0.15, 0.2) is 18.2 Å². The Bertz CT molecular complexity index is 448. The van der Waals surface area contributed by atoms with Gasteiger partial charge in [0.2, 0.25) is 0 Å². The van der Waals surface area contributed by atoms with E-state index >= 15 is 0 Å². The lowest BCUT2D eigenvalue weighted by atomic mass is 10.1. The number of thiocarbonyl (C=S) groups is 1. The van der Waals surface area contributed by atoms with Crippen LogP contribution in [0, 0.1) is 17.7 Å². The Morgan fingerprint density at radius 2 is 1.75 bits per heavy atom. The van der Waals surface area contributed by atoms with E-state index in [0.717, 1.165) is 13.1 Å². The average Bonchev–Trinajstić information content (AvgIpc) is 2.29. The van der Waals surface area contributed by atoms with Crippen LogP contribution in [-0.2, 0) is 6.54 Å². The van der Waals surface area contributed by atoms with Crippen molar-refractivity contribution in [3.05, 3.63) is 35.1 Å². The molecule has 0 amide bonds. The van der Waals surface area contributed by atoms with Crippen molar-refractivity contribution in [2.75, 3.05) is 13.1 Å². The number of hydrogen-bond acceptors (Lipinski definition) is 2. The van der Waals surface area contributed by atoms with Crippen molar-refractivity contribution in [3.8, 4) is 0 Å². The van der Waals surface area contributed by atoms with E-state index in [-0.39, 0.29) is 10.8 Å². The Labute approximate surface area is 127 Å². The fourth-order valence-electron chi connectivity index (χ4n) is 2.31. The Kier molecular flexibility index (Phi) is 6.56. The summed E-state index contributed by atoms with van der Waals surface area (Å²) in [6.07, 6.45) is 0. The summed E-state index contributed by atoms with van der Waals surface area (Å²) in [4.78, 5) is 2.53. The second-order valence-corrected chi connectivity index (χ2v) is 6.59. The highest BCUT2D eigenvalue weighted by Gasteiger charge is 2.13. The summed E-state index contributed by atoms with van der Waals surface area (Å²) in [6.45, 7) is 11.3. The van der Waals surface area contributed by atoms with Crippen LogP contribution < -0.4 is 5.73 Å². The molecule has 0 aromatic heterocycles. The molecule has 0 heterocycles. The van der Waals surface area contributed by atoms with Crippen LogP contribution in [0.2, 0.25) is 0 Å². The van der Waals surface area contributed by atoms with Gasteiger partial charge in [0.15, 0.2) is 0 Å². The van der Waals surface area contributed by atoms with E-state index in [1.807, 2.05) is 0 Å². The maximum Gasteiger partial charge on any atom is 0.128 e. The van der Waals surface area contributed by atoms with E-state index in [9.17, 15) is 4.39 Å². The highest BCUT2D eigenvalue weighted by atomic mass is 32.1. The van der Waals surface area contributed by atoms with E-state index in [1.54, 1.807) is 12.1 Å². The highest BCUT2D eigenvalue weighted by Crippen LogP contribution is 2.15. The van der Waals surface area contributed by atoms with Gasteiger partial charge in [-0.05, 0) is 17.9 Å². The Morgan fingerprint density at radius 3 is 2.15 bits per heavy atom. The zero-order chi connectivity index (χ0) is 15.3. The van der Waals surface area contributed by atoms with Crippen LogP contribution in [0.1, 0.15) is 38.8 Å². The van der Waals surface area contributed by atoms with Gasteiger partial charge in [-0.2, -0.15) is 0 Å². The molecule has 0 bridgehead atoms. The van der Waals surface area contributed by atoms with Gasteiger partial charge in [0, 0.05) is 30.8 Å². The van der Waals surface area contributed by atoms with Crippen molar-refractivity contribution < 1.29 is 4.39 Å². The minimum Gasteiger partial charge on any atom is -0.389 e.